The maximum atomic E-state index is 5.77. The fourth-order valence-electron chi connectivity index (χ4n) is 4.49. The van der Waals surface area contributed by atoms with E-state index in [0.717, 1.165) is 64.2 Å². The third kappa shape index (κ3) is 6.62. The van der Waals surface area contributed by atoms with Crippen molar-refractivity contribution in [1.82, 2.24) is 15.5 Å². The van der Waals surface area contributed by atoms with Crippen LogP contribution in [0.3, 0.4) is 0 Å². The van der Waals surface area contributed by atoms with E-state index in [-0.39, 0.29) is 30.0 Å². The molecular formula is C24H36IN5O2. The molecule has 7 nitrogen and oxygen atoms in total. The number of aliphatic imine (C=N–C) groups is 1. The Morgan fingerprint density at radius 1 is 1.00 bits per heavy atom. The summed E-state index contributed by atoms with van der Waals surface area (Å²) >= 11 is 0. The van der Waals surface area contributed by atoms with Gasteiger partial charge in [-0.05, 0) is 49.7 Å². The second-order valence-corrected chi connectivity index (χ2v) is 8.16. The largest absolute Gasteiger partial charge is 0.468 e. The molecule has 0 radical (unpaired) electrons. The molecule has 2 N–H and O–H groups in total. The van der Waals surface area contributed by atoms with Crippen molar-refractivity contribution in [3.8, 4) is 0 Å². The molecule has 2 aliphatic heterocycles. The molecule has 32 heavy (non-hydrogen) atoms. The standard InChI is InChI=1S/C24H35N5O2.HI/c1-25-24(26-18-20-8-3-4-9-21(20)29-13-16-30-17-14-29)27-19-22(23-10-7-15-31-23)28-11-5-2-6-12-28;/h3-4,7-10,15,22H,2,5-6,11-14,16-19H2,1H3,(H2,25,26,27);1H. The van der Waals surface area contributed by atoms with Gasteiger partial charge in [-0.2, -0.15) is 0 Å². The summed E-state index contributed by atoms with van der Waals surface area (Å²) in [6.07, 6.45) is 5.59. The van der Waals surface area contributed by atoms with Gasteiger partial charge in [0.05, 0.1) is 25.5 Å². The first-order valence-corrected chi connectivity index (χ1v) is 11.5. The number of nitrogens with one attached hydrogen (secondary N) is 2. The van der Waals surface area contributed by atoms with Crippen LogP contribution in [-0.4, -0.2) is 63.8 Å². The number of halogens is 1. The Morgan fingerprint density at radius 2 is 1.78 bits per heavy atom. The van der Waals surface area contributed by atoms with Crippen molar-refractivity contribution < 1.29 is 9.15 Å². The van der Waals surface area contributed by atoms with Crippen LogP contribution in [0.15, 0.2) is 52.1 Å². The van der Waals surface area contributed by atoms with Crippen LogP contribution in [0, 0.1) is 0 Å². The number of anilines is 1. The van der Waals surface area contributed by atoms with Gasteiger partial charge < -0.3 is 24.7 Å². The summed E-state index contributed by atoms with van der Waals surface area (Å²) in [6.45, 7) is 7.17. The van der Waals surface area contributed by atoms with E-state index in [9.17, 15) is 0 Å². The van der Waals surface area contributed by atoms with Gasteiger partial charge in [0.25, 0.3) is 0 Å². The van der Waals surface area contributed by atoms with Crippen LogP contribution in [0.4, 0.5) is 5.69 Å². The minimum atomic E-state index is 0. The molecule has 1 unspecified atom stereocenters. The summed E-state index contributed by atoms with van der Waals surface area (Å²) in [5, 5.41) is 7.03. The highest BCUT2D eigenvalue weighted by atomic mass is 127. The predicted molar refractivity (Wildman–Crippen MR) is 140 cm³/mol. The zero-order valence-electron chi connectivity index (χ0n) is 19.0. The Hall–Kier alpha value is -1.78. The molecule has 1 atom stereocenters. The number of hydrogen-bond donors (Lipinski definition) is 2. The van der Waals surface area contributed by atoms with Crippen molar-refractivity contribution in [3.63, 3.8) is 0 Å². The number of piperidine rings is 1. The molecule has 2 fully saturated rings. The highest BCUT2D eigenvalue weighted by Crippen LogP contribution is 2.25. The van der Waals surface area contributed by atoms with Gasteiger partial charge in [0.15, 0.2) is 5.96 Å². The number of rotatable bonds is 7. The number of hydrogen-bond acceptors (Lipinski definition) is 5. The lowest BCUT2D eigenvalue weighted by molar-refractivity contribution is 0.122. The summed E-state index contributed by atoms with van der Waals surface area (Å²) < 4.78 is 11.3. The van der Waals surface area contributed by atoms with Gasteiger partial charge >= 0.3 is 0 Å². The molecule has 2 saturated heterocycles. The van der Waals surface area contributed by atoms with Crippen molar-refractivity contribution in [2.24, 2.45) is 4.99 Å². The lowest BCUT2D eigenvalue weighted by atomic mass is 10.1. The quantitative estimate of drug-likeness (QED) is 0.310. The normalized spacial score (nSPS) is 18.7. The molecule has 0 spiro atoms. The second-order valence-electron chi connectivity index (χ2n) is 8.16. The number of para-hydroxylation sites is 1. The molecule has 2 aromatic rings. The highest BCUT2D eigenvalue weighted by Gasteiger charge is 2.24. The first-order chi connectivity index (χ1) is 15.3. The van der Waals surface area contributed by atoms with Gasteiger partial charge in [-0.15, -0.1) is 24.0 Å². The molecule has 0 amide bonds. The lowest BCUT2D eigenvalue weighted by Gasteiger charge is -2.34. The third-order valence-corrected chi connectivity index (χ3v) is 6.18. The van der Waals surface area contributed by atoms with Gasteiger partial charge in [-0.25, -0.2) is 0 Å². The van der Waals surface area contributed by atoms with Crippen LogP contribution in [-0.2, 0) is 11.3 Å². The third-order valence-electron chi connectivity index (χ3n) is 6.18. The van der Waals surface area contributed by atoms with Crippen LogP contribution in [0.2, 0.25) is 0 Å². The second kappa shape index (κ2) is 13.1. The van der Waals surface area contributed by atoms with Crippen molar-refractivity contribution in [3.05, 3.63) is 54.0 Å². The molecule has 0 saturated carbocycles. The Kier molecular flexibility index (Phi) is 10.1. The van der Waals surface area contributed by atoms with E-state index in [2.05, 4.69) is 55.8 Å². The van der Waals surface area contributed by atoms with E-state index in [1.54, 1.807) is 6.26 Å². The van der Waals surface area contributed by atoms with E-state index in [1.807, 2.05) is 13.1 Å². The number of furan rings is 1. The molecule has 2 aliphatic rings. The summed E-state index contributed by atoms with van der Waals surface area (Å²) in [4.78, 5) is 9.38. The van der Waals surface area contributed by atoms with Crippen molar-refractivity contribution in [1.29, 1.82) is 0 Å². The van der Waals surface area contributed by atoms with Gasteiger partial charge in [0.2, 0.25) is 0 Å². The van der Waals surface area contributed by atoms with Crippen LogP contribution < -0.4 is 15.5 Å². The zero-order valence-corrected chi connectivity index (χ0v) is 21.3. The Balaban J connectivity index is 0.00000289. The molecule has 8 heteroatoms. The topological polar surface area (TPSA) is 65.3 Å². The lowest BCUT2D eigenvalue weighted by Crippen LogP contribution is -2.44. The molecular weight excluding hydrogens is 517 g/mol. The minimum absolute atomic E-state index is 0. The predicted octanol–water partition coefficient (Wildman–Crippen LogP) is 3.63. The average Bonchev–Trinajstić information content (AvgIpc) is 3.37. The number of likely N-dealkylation sites (tertiary alicyclic amines) is 1. The number of benzene rings is 1. The van der Waals surface area contributed by atoms with Crippen molar-refractivity contribution >= 4 is 35.6 Å². The van der Waals surface area contributed by atoms with E-state index >= 15 is 0 Å². The van der Waals surface area contributed by atoms with Crippen LogP contribution in [0.1, 0.15) is 36.6 Å². The zero-order chi connectivity index (χ0) is 21.3. The Labute approximate surface area is 208 Å². The maximum Gasteiger partial charge on any atom is 0.191 e. The fraction of sp³-hybridized carbons (Fsp3) is 0.542. The average molecular weight is 553 g/mol. The van der Waals surface area contributed by atoms with Crippen LogP contribution >= 0.6 is 24.0 Å². The SMILES string of the molecule is CN=C(NCc1ccccc1N1CCOCC1)NCC(c1ccco1)N1CCCCC1.I. The first kappa shape index (κ1) is 24.9. The number of nitrogens with zero attached hydrogens (tertiary/aromatic N) is 3. The summed E-state index contributed by atoms with van der Waals surface area (Å²) in [5.74, 6) is 1.83. The molecule has 1 aromatic carbocycles. The fourth-order valence-corrected chi connectivity index (χ4v) is 4.49. The van der Waals surface area contributed by atoms with Gasteiger partial charge in [0.1, 0.15) is 5.76 Å². The summed E-state index contributed by atoms with van der Waals surface area (Å²) in [7, 11) is 1.83. The van der Waals surface area contributed by atoms with E-state index in [0.29, 0.717) is 0 Å². The molecule has 176 valence electrons. The monoisotopic (exact) mass is 553 g/mol. The molecule has 0 bridgehead atoms. The first-order valence-electron chi connectivity index (χ1n) is 11.5. The smallest absolute Gasteiger partial charge is 0.191 e. The molecule has 4 rings (SSSR count). The minimum Gasteiger partial charge on any atom is -0.468 e. The summed E-state index contributed by atoms with van der Waals surface area (Å²) in [5.41, 5.74) is 2.54. The van der Waals surface area contributed by atoms with Gasteiger partial charge in [-0.3, -0.25) is 9.89 Å². The Morgan fingerprint density at radius 3 is 2.50 bits per heavy atom. The van der Waals surface area contributed by atoms with E-state index in [1.165, 1.54) is 30.5 Å². The van der Waals surface area contributed by atoms with E-state index < -0.39 is 0 Å². The molecule has 1 aromatic heterocycles. The number of morpholine rings is 1. The molecule has 3 heterocycles. The molecule has 0 aliphatic carbocycles. The number of ether oxygens (including phenoxy) is 1. The van der Waals surface area contributed by atoms with Crippen molar-refractivity contribution in [2.75, 3.05) is 57.9 Å². The van der Waals surface area contributed by atoms with Gasteiger partial charge in [0, 0.05) is 38.9 Å². The van der Waals surface area contributed by atoms with Crippen LogP contribution in [0.25, 0.3) is 0 Å². The maximum absolute atomic E-state index is 5.77. The number of guanidine groups is 1. The van der Waals surface area contributed by atoms with Crippen molar-refractivity contribution in [2.45, 2.75) is 31.8 Å². The van der Waals surface area contributed by atoms with E-state index in [4.69, 9.17) is 9.15 Å². The van der Waals surface area contributed by atoms with Crippen LogP contribution in [0.5, 0.6) is 0 Å². The Bertz CT molecular complexity index is 818. The van der Waals surface area contributed by atoms with Gasteiger partial charge in [-0.1, -0.05) is 24.6 Å². The summed E-state index contributed by atoms with van der Waals surface area (Å²) in [6, 6.07) is 12.9. The highest BCUT2D eigenvalue weighted by molar-refractivity contribution is 14.0.